The summed E-state index contributed by atoms with van der Waals surface area (Å²) >= 11 is 0. The molecule has 8 heteroatoms. The van der Waals surface area contributed by atoms with Crippen LogP contribution in [0.3, 0.4) is 0 Å². The van der Waals surface area contributed by atoms with Crippen LogP contribution in [0.4, 0.5) is 10.6 Å². The quantitative estimate of drug-likeness (QED) is 0.554. The third-order valence-electron chi connectivity index (χ3n) is 4.82. The van der Waals surface area contributed by atoms with E-state index < -0.39 is 5.97 Å². The fourth-order valence-corrected chi connectivity index (χ4v) is 3.23. The minimum Gasteiger partial charge on any atom is -0.481 e. The Hall–Kier alpha value is -3.42. The number of nitrogens with one attached hydrogen (secondary N) is 3. The fraction of sp³-hybridized carbons (Fsp3) is 0.263. The Kier molecular flexibility index (Phi) is 4.23. The summed E-state index contributed by atoms with van der Waals surface area (Å²) in [7, 11) is 0. The zero-order valence-corrected chi connectivity index (χ0v) is 14.6. The van der Waals surface area contributed by atoms with E-state index in [4.69, 9.17) is 5.11 Å². The molecular weight excluding hydrogens is 346 g/mol. The van der Waals surface area contributed by atoms with E-state index in [1.807, 2.05) is 37.3 Å². The Labute approximate surface area is 155 Å². The minimum absolute atomic E-state index is 0.0770. The van der Waals surface area contributed by atoms with Gasteiger partial charge in [-0.2, -0.15) is 5.10 Å². The van der Waals surface area contributed by atoms with Gasteiger partial charge in [-0.05, 0) is 18.9 Å². The number of anilines is 1. The molecule has 27 heavy (non-hydrogen) atoms. The van der Waals surface area contributed by atoms with Crippen LogP contribution < -0.4 is 10.6 Å². The molecule has 1 aliphatic carbocycles. The van der Waals surface area contributed by atoms with Gasteiger partial charge >= 0.3 is 12.0 Å². The highest BCUT2D eigenvalue weighted by molar-refractivity contribution is 5.92. The van der Waals surface area contributed by atoms with E-state index in [9.17, 15) is 9.59 Å². The predicted octanol–water partition coefficient (Wildman–Crippen LogP) is 3.03. The lowest BCUT2D eigenvalue weighted by atomic mass is 10.1. The summed E-state index contributed by atoms with van der Waals surface area (Å²) in [6.45, 7) is 1.90. The van der Waals surface area contributed by atoms with Crippen LogP contribution >= 0.6 is 0 Å². The van der Waals surface area contributed by atoms with Crippen LogP contribution in [0.2, 0.25) is 0 Å². The Balaban J connectivity index is 1.44. The lowest BCUT2D eigenvalue weighted by Gasteiger charge is -2.14. The summed E-state index contributed by atoms with van der Waals surface area (Å²) < 4.78 is 0. The van der Waals surface area contributed by atoms with Crippen molar-refractivity contribution in [3.8, 4) is 0 Å². The molecule has 0 spiro atoms. The number of pyridine rings is 1. The molecule has 4 rings (SSSR count). The molecule has 2 amide bonds. The van der Waals surface area contributed by atoms with Crippen LogP contribution in [0, 0.1) is 5.92 Å². The number of hydrogen-bond acceptors (Lipinski definition) is 4. The van der Waals surface area contributed by atoms with Gasteiger partial charge in [0.1, 0.15) is 5.82 Å². The summed E-state index contributed by atoms with van der Waals surface area (Å²) in [5.74, 6) is -0.862. The Morgan fingerprint density at radius 3 is 2.78 bits per heavy atom. The van der Waals surface area contributed by atoms with Crippen LogP contribution in [0.15, 0.2) is 42.6 Å². The Bertz CT molecular complexity index is 1000. The lowest BCUT2D eigenvalue weighted by Crippen LogP contribution is -2.31. The number of hydrogen-bond donors (Lipinski definition) is 4. The molecule has 0 aliphatic heterocycles. The highest BCUT2D eigenvalue weighted by Gasteiger charge is 2.46. The molecule has 3 atom stereocenters. The van der Waals surface area contributed by atoms with E-state index in [0.29, 0.717) is 17.8 Å². The SMILES string of the molecule is C[C@@H](NC(=O)Nc1cc2[nH]nc(C3CC3C(=O)O)c2cn1)c1ccccc1. The second-order valence-corrected chi connectivity index (χ2v) is 6.74. The molecule has 1 fully saturated rings. The standard InChI is InChI=1S/C19H19N5O3/c1-10(11-5-3-2-4-6-11)21-19(27)22-16-8-15-14(9-20-16)17(24-23-15)12-7-13(12)18(25)26/h2-6,8-10,12-13H,7H2,1H3,(H,23,24)(H,25,26)(H2,20,21,22,27)/t10-,12?,13?/m1/s1. The van der Waals surface area contributed by atoms with E-state index in [1.54, 1.807) is 12.3 Å². The van der Waals surface area contributed by atoms with Crippen molar-refractivity contribution in [3.63, 3.8) is 0 Å². The van der Waals surface area contributed by atoms with Gasteiger partial charge in [0.05, 0.1) is 23.2 Å². The van der Waals surface area contributed by atoms with Gasteiger partial charge in [0.25, 0.3) is 0 Å². The van der Waals surface area contributed by atoms with Crippen LogP contribution in [-0.4, -0.2) is 32.3 Å². The van der Waals surface area contributed by atoms with Gasteiger partial charge in [-0.1, -0.05) is 30.3 Å². The van der Waals surface area contributed by atoms with E-state index >= 15 is 0 Å². The number of nitrogens with zero attached hydrogens (tertiary/aromatic N) is 2. The minimum atomic E-state index is -0.799. The molecule has 4 N–H and O–H groups in total. The van der Waals surface area contributed by atoms with Crippen molar-refractivity contribution in [2.24, 2.45) is 5.92 Å². The van der Waals surface area contributed by atoms with Gasteiger partial charge in [0.2, 0.25) is 0 Å². The molecule has 0 saturated heterocycles. The Morgan fingerprint density at radius 2 is 2.07 bits per heavy atom. The van der Waals surface area contributed by atoms with Crippen molar-refractivity contribution < 1.29 is 14.7 Å². The number of rotatable bonds is 5. The van der Waals surface area contributed by atoms with Crippen molar-refractivity contribution in [1.29, 1.82) is 0 Å². The monoisotopic (exact) mass is 365 g/mol. The van der Waals surface area contributed by atoms with Crippen molar-refractivity contribution in [2.45, 2.75) is 25.3 Å². The van der Waals surface area contributed by atoms with Gasteiger partial charge in [-0.15, -0.1) is 0 Å². The van der Waals surface area contributed by atoms with Crippen molar-refractivity contribution in [2.75, 3.05) is 5.32 Å². The average molecular weight is 365 g/mol. The molecule has 1 saturated carbocycles. The smallest absolute Gasteiger partial charge is 0.320 e. The van der Waals surface area contributed by atoms with Crippen LogP contribution in [0.5, 0.6) is 0 Å². The third kappa shape index (κ3) is 3.46. The van der Waals surface area contributed by atoms with Crippen LogP contribution in [0.25, 0.3) is 10.9 Å². The predicted molar refractivity (Wildman–Crippen MR) is 99.4 cm³/mol. The summed E-state index contributed by atoms with van der Waals surface area (Å²) in [5, 5.41) is 22.6. The Morgan fingerprint density at radius 1 is 1.30 bits per heavy atom. The van der Waals surface area contributed by atoms with Crippen LogP contribution in [-0.2, 0) is 4.79 Å². The van der Waals surface area contributed by atoms with E-state index in [0.717, 1.165) is 16.6 Å². The molecule has 1 aromatic carbocycles. The molecule has 0 bridgehead atoms. The summed E-state index contributed by atoms with van der Waals surface area (Å²) in [6.07, 6.45) is 2.21. The summed E-state index contributed by atoms with van der Waals surface area (Å²) in [5.41, 5.74) is 2.44. The highest BCUT2D eigenvalue weighted by Crippen LogP contribution is 2.48. The largest absolute Gasteiger partial charge is 0.481 e. The summed E-state index contributed by atoms with van der Waals surface area (Å²) in [6, 6.07) is 10.9. The molecule has 2 heterocycles. The number of carbonyl (C=O) groups excluding carboxylic acids is 1. The first-order valence-electron chi connectivity index (χ1n) is 8.72. The maximum Gasteiger partial charge on any atom is 0.320 e. The van der Waals surface area contributed by atoms with E-state index in [-0.39, 0.29) is 23.9 Å². The molecule has 0 radical (unpaired) electrons. The number of carboxylic acid groups (broad SMARTS) is 1. The van der Waals surface area contributed by atoms with E-state index in [1.165, 1.54) is 0 Å². The van der Waals surface area contributed by atoms with E-state index in [2.05, 4.69) is 25.8 Å². The van der Waals surface area contributed by atoms with Crippen molar-refractivity contribution in [1.82, 2.24) is 20.5 Å². The molecule has 8 nitrogen and oxygen atoms in total. The van der Waals surface area contributed by atoms with Crippen molar-refractivity contribution in [3.05, 3.63) is 53.9 Å². The normalized spacial score (nSPS) is 19.4. The second-order valence-electron chi connectivity index (χ2n) is 6.74. The molecule has 1 aliphatic rings. The molecule has 3 aromatic rings. The number of carboxylic acids is 1. The van der Waals surface area contributed by atoms with Crippen LogP contribution in [0.1, 0.15) is 36.6 Å². The second kappa shape index (κ2) is 6.71. The maximum absolute atomic E-state index is 12.2. The molecule has 138 valence electrons. The lowest BCUT2D eigenvalue weighted by molar-refractivity contribution is -0.138. The number of aliphatic carboxylic acids is 1. The number of carbonyl (C=O) groups is 2. The number of fused-ring (bicyclic) bond motifs is 1. The highest BCUT2D eigenvalue weighted by atomic mass is 16.4. The maximum atomic E-state index is 12.2. The topological polar surface area (TPSA) is 120 Å². The fourth-order valence-electron chi connectivity index (χ4n) is 3.23. The zero-order chi connectivity index (χ0) is 19.0. The van der Waals surface area contributed by atoms with Gasteiger partial charge in [-0.25, -0.2) is 9.78 Å². The van der Waals surface area contributed by atoms with Gasteiger partial charge in [0, 0.05) is 23.6 Å². The number of aromatic amines is 1. The number of aromatic nitrogens is 3. The number of H-pyrrole nitrogens is 1. The first-order chi connectivity index (χ1) is 13.0. The first kappa shape index (κ1) is 17.0. The number of urea groups is 1. The molecule has 2 unspecified atom stereocenters. The van der Waals surface area contributed by atoms with Gasteiger partial charge in [0.15, 0.2) is 0 Å². The number of benzene rings is 1. The molecule has 2 aromatic heterocycles. The number of amides is 2. The summed E-state index contributed by atoms with van der Waals surface area (Å²) in [4.78, 5) is 27.5. The zero-order valence-electron chi connectivity index (χ0n) is 14.6. The molecular formula is C19H19N5O3. The van der Waals surface area contributed by atoms with Gasteiger partial charge < -0.3 is 10.4 Å². The van der Waals surface area contributed by atoms with Crippen molar-refractivity contribution >= 4 is 28.7 Å². The third-order valence-corrected chi connectivity index (χ3v) is 4.82. The van der Waals surface area contributed by atoms with Gasteiger partial charge in [-0.3, -0.25) is 15.2 Å². The average Bonchev–Trinajstić information content (AvgIpc) is 3.35. The first-order valence-corrected chi connectivity index (χ1v) is 8.72.